The number of nitrogens with zero attached hydrogens (tertiary/aromatic N) is 3. The molecule has 0 unspecified atom stereocenters. The molecule has 0 N–H and O–H groups in total. The summed E-state index contributed by atoms with van der Waals surface area (Å²) in [5.74, 6) is 0. The van der Waals surface area contributed by atoms with Crippen molar-refractivity contribution in [2.45, 2.75) is 0 Å². The van der Waals surface area contributed by atoms with Crippen LogP contribution in [0.4, 0.5) is 34.1 Å². The molecule has 3 heteroatoms. The Morgan fingerprint density at radius 1 is 0.308 bits per heavy atom. The molecule has 2 heterocycles. The third-order valence-electron chi connectivity index (χ3n) is 7.67. The van der Waals surface area contributed by atoms with Crippen LogP contribution >= 0.6 is 0 Å². The molecule has 0 spiro atoms. The molecular weight excluding hydrogens is 474 g/mol. The number of benzene rings is 6. The summed E-state index contributed by atoms with van der Waals surface area (Å²) in [4.78, 5) is 4.81. The SMILES string of the molecule is c1ccc(N2c3ccccc3N(c3ccccc3)c3c2cccc3-n2c3ccccc3c3ccccc32)cc1. The highest BCUT2D eigenvalue weighted by Gasteiger charge is 2.33. The highest BCUT2D eigenvalue weighted by atomic mass is 15.3. The third kappa shape index (κ3) is 3.23. The highest BCUT2D eigenvalue weighted by Crippen LogP contribution is 2.56. The molecule has 0 bridgehead atoms. The molecule has 39 heavy (non-hydrogen) atoms. The topological polar surface area (TPSA) is 11.4 Å². The summed E-state index contributed by atoms with van der Waals surface area (Å²) < 4.78 is 2.43. The lowest BCUT2D eigenvalue weighted by Gasteiger charge is -2.41. The van der Waals surface area contributed by atoms with Crippen molar-refractivity contribution in [3.8, 4) is 5.69 Å². The summed E-state index contributed by atoms with van der Waals surface area (Å²) in [6, 6.07) is 54.2. The van der Waals surface area contributed by atoms with E-state index in [1.54, 1.807) is 0 Å². The van der Waals surface area contributed by atoms with Gasteiger partial charge in [-0.05, 0) is 60.7 Å². The summed E-state index contributed by atoms with van der Waals surface area (Å²) >= 11 is 0. The van der Waals surface area contributed by atoms with Gasteiger partial charge in [0.1, 0.15) is 0 Å². The van der Waals surface area contributed by atoms with Gasteiger partial charge in [-0.3, -0.25) is 0 Å². The van der Waals surface area contributed by atoms with Gasteiger partial charge in [0.15, 0.2) is 0 Å². The van der Waals surface area contributed by atoms with E-state index >= 15 is 0 Å². The van der Waals surface area contributed by atoms with Gasteiger partial charge in [-0.1, -0.05) is 91.0 Å². The van der Waals surface area contributed by atoms with Crippen LogP contribution in [0.1, 0.15) is 0 Å². The first kappa shape index (κ1) is 21.8. The second-order valence-electron chi connectivity index (χ2n) is 9.85. The third-order valence-corrected chi connectivity index (χ3v) is 7.67. The van der Waals surface area contributed by atoms with E-state index in [2.05, 4.69) is 166 Å². The Morgan fingerprint density at radius 2 is 0.744 bits per heavy atom. The Kier molecular flexibility index (Phi) is 4.82. The summed E-state index contributed by atoms with van der Waals surface area (Å²) in [7, 11) is 0. The van der Waals surface area contributed by atoms with E-state index in [4.69, 9.17) is 0 Å². The molecule has 8 rings (SSSR count). The number of rotatable bonds is 3. The second kappa shape index (κ2) is 8.64. The van der Waals surface area contributed by atoms with Crippen molar-refractivity contribution in [3.63, 3.8) is 0 Å². The predicted molar refractivity (Wildman–Crippen MR) is 164 cm³/mol. The van der Waals surface area contributed by atoms with E-state index in [-0.39, 0.29) is 0 Å². The quantitative estimate of drug-likeness (QED) is 0.240. The fourth-order valence-electron chi connectivity index (χ4n) is 6.08. The van der Waals surface area contributed by atoms with E-state index in [9.17, 15) is 0 Å². The first-order valence-corrected chi connectivity index (χ1v) is 13.3. The standard InChI is InChI=1S/C36H25N3/c1-3-14-26(15-4-1)37-32-22-11-12-23-33(32)38(27-16-5-2-6-17-27)36-34(37)24-13-25-35(36)39-30-20-9-7-18-28(30)29-19-8-10-21-31(29)39/h1-25H. The maximum Gasteiger partial charge on any atom is 0.0947 e. The number of aromatic nitrogens is 1. The Hall–Kier alpha value is -5.28. The van der Waals surface area contributed by atoms with Gasteiger partial charge in [-0.15, -0.1) is 0 Å². The van der Waals surface area contributed by atoms with Gasteiger partial charge < -0.3 is 14.4 Å². The smallest absolute Gasteiger partial charge is 0.0947 e. The maximum atomic E-state index is 2.43. The van der Waals surface area contributed by atoms with E-state index < -0.39 is 0 Å². The van der Waals surface area contributed by atoms with Crippen molar-refractivity contribution in [3.05, 3.63) is 152 Å². The molecule has 0 atom stereocenters. The van der Waals surface area contributed by atoms with Crippen LogP contribution in [0.25, 0.3) is 27.5 Å². The first-order chi connectivity index (χ1) is 19.4. The Bertz CT molecular complexity index is 1920. The molecule has 0 aliphatic carbocycles. The number of fused-ring (bicyclic) bond motifs is 5. The zero-order chi connectivity index (χ0) is 25.8. The number of anilines is 6. The average molecular weight is 500 g/mol. The molecule has 0 fully saturated rings. The maximum absolute atomic E-state index is 2.43. The normalized spacial score (nSPS) is 12.5. The largest absolute Gasteiger partial charge is 0.307 e. The molecule has 0 saturated carbocycles. The minimum absolute atomic E-state index is 1.13. The van der Waals surface area contributed by atoms with E-state index in [0.29, 0.717) is 0 Å². The molecule has 3 nitrogen and oxygen atoms in total. The summed E-state index contributed by atoms with van der Waals surface area (Å²) in [5, 5.41) is 2.51. The number of hydrogen-bond donors (Lipinski definition) is 0. The van der Waals surface area contributed by atoms with Crippen molar-refractivity contribution in [1.82, 2.24) is 4.57 Å². The van der Waals surface area contributed by atoms with Gasteiger partial charge in [0, 0.05) is 22.1 Å². The van der Waals surface area contributed by atoms with Crippen molar-refractivity contribution >= 4 is 55.9 Å². The van der Waals surface area contributed by atoms with Crippen molar-refractivity contribution in [2.24, 2.45) is 0 Å². The highest BCUT2D eigenvalue weighted by molar-refractivity contribution is 6.11. The summed E-state index contributed by atoms with van der Waals surface area (Å²) in [6.07, 6.45) is 0. The molecular formula is C36H25N3. The Balaban J connectivity index is 1.52. The van der Waals surface area contributed by atoms with Crippen LogP contribution in [0.5, 0.6) is 0 Å². The van der Waals surface area contributed by atoms with Crippen LogP contribution in [-0.2, 0) is 0 Å². The molecule has 0 radical (unpaired) electrons. The molecule has 1 aliphatic rings. The summed E-state index contributed by atoms with van der Waals surface area (Å²) in [5.41, 5.74) is 10.4. The van der Waals surface area contributed by atoms with Crippen LogP contribution in [0.3, 0.4) is 0 Å². The van der Waals surface area contributed by atoms with Crippen molar-refractivity contribution in [2.75, 3.05) is 9.80 Å². The Labute approximate surface area is 227 Å². The molecule has 6 aromatic carbocycles. The average Bonchev–Trinajstić information content (AvgIpc) is 3.35. The molecule has 7 aromatic rings. The van der Waals surface area contributed by atoms with Crippen LogP contribution in [0.2, 0.25) is 0 Å². The zero-order valence-electron chi connectivity index (χ0n) is 21.3. The van der Waals surface area contributed by atoms with E-state index in [0.717, 1.165) is 39.8 Å². The van der Waals surface area contributed by atoms with Gasteiger partial charge >= 0.3 is 0 Å². The van der Waals surface area contributed by atoms with Gasteiger partial charge in [-0.2, -0.15) is 0 Å². The molecule has 0 amide bonds. The first-order valence-electron chi connectivity index (χ1n) is 13.3. The minimum atomic E-state index is 1.13. The molecule has 1 aromatic heterocycles. The lowest BCUT2D eigenvalue weighted by Crippen LogP contribution is -2.25. The predicted octanol–water partition coefficient (Wildman–Crippen LogP) is 10.0. The number of hydrogen-bond acceptors (Lipinski definition) is 2. The lowest BCUT2D eigenvalue weighted by atomic mass is 10.0. The van der Waals surface area contributed by atoms with Crippen LogP contribution in [0, 0.1) is 0 Å². The van der Waals surface area contributed by atoms with E-state index in [1.165, 1.54) is 21.8 Å². The monoisotopic (exact) mass is 499 g/mol. The van der Waals surface area contributed by atoms with Crippen LogP contribution in [0.15, 0.2) is 152 Å². The summed E-state index contributed by atoms with van der Waals surface area (Å²) in [6.45, 7) is 0. The van der Waals surface area contributed by atoms with Gasteiger partial charge in [0.25, 0.3) is 0 Å². The van der Waals surface area contributed by atoms with Gasteiger partial charge in [0.05, 0.1) is 39.5 Å². The fraction of sp³-hybridized carbons (Fsp3) is 0. The number of para-hydroxylation sites is 7. The minimum Gasteiger partial charge on any atom is -0.307 e. The second-order valence-corrected chi connectivity index (χ2v) is 9.85. The van der Waals surface area contributed by atoms with Gasteiger partial charge in [0.2, 0.25) is 0 Å². The van der Waals surface area contributed by atoms with Crippen molar-refractivity contribution < 1.29 is 0 Å². The van der Waals surface area contributed by atoms with E-state index in [1.807, 2.05) is 0 Å². The lowest BCUT2D eigenvalue weighted by molar-refractivity contribution is 1.11. The zero-order valence-corrected chi connectivity index (χ0v) is 21.3. The fourth-order valence-corrected chi connectivity index (χ4v) is 6.08. The molecule has 0 saturated heterocycles. The van der Waals surface area contributed by atoms with Crippen LogP contribution in [-0.4, -0.2) is 4.57 Å². The van der Waals surface area contributed by atoms with Crippen molar-refractivity contribution in [1.29, 1.82) is 0 Å². The van der Waals surface area contributed by atoms with Gasteiger partial charge in [-0.25, -0.2) is 0 Å². The van der Waals surface area contributed by atoms with Crippen LogP contribution < -0.4 is 9.80 Å². The Morgan fingerprint density at radius 3 is 1.36 bits per heavy atom. The molecule has 184 valence electrons. The molecule has 1 aliphatic heterocycles.